The molecule has 3 aliphatic rings. The molecule has 6 nitrogen and oxygen atoms in total. The summed E-state index contributed by atoms with van der Waals surface area (Å²) in [7, 11) is 3.72. The van der Waals surface area contributed by atoms with Gasteiger partial charge in [0.1, 0.15) is 0 Å². The third kappa shape index (κ3) is 7.78. The predicted molar refractivity (Wildman–Crippen MR) is 135 cm³/mol. The van der Waals surface area contributed by atoms with E-state index >= 15 is 0 Å². The van der Waals surface area contributed by atoms with Gasteiger partial charge in [-0.2, -0.15) is 0 Å². The lowest BCUT2D eigenvalue weighted by Crippen LogP contribution is -2.52. The molecular weight excluding hydrogens is 491 g/mol. The number of aliphatic imine (C=N–C) groups is 1. The second kappa shape index (κ2) is 13.4. The lowest BCUT2D eigenvalue weighted by Gasteiger charge is -2.42. The number of halogens is 1. The highest BCUT2D eigenvalue weighted by Gasteiger charge is 2.36. The number of methoxy groups -OCH3 is 1. The van der Waals surface area contributed by atoms with E-state index in [0.29, 0.717) is 10.8 Å². The topological polar surface area (TPSA) is 58.1 Å². The van der Waals surface area contributed by atoms with Crippen LogP contribution in [0, 0.1) is 10.8 Å². The largest absolute Gasteiger partial charge is 0.385 e. The fourth-order valence-corrected chi connectivity index (χ4v) is 5.65. The van der Waals surface area contributed by atoms with Crippen LogP contribution in [0.5, 0.6) is 0 Å². The summed E-state index contributed by atoms with van der Waals surface area (Å²) in [6.07, 6.45) is 13.2. The van der Waals surface area contributed by atoms with Gasteiger partial charge in [0.2, 0.25) is 0 Å². The SMILES string of the molecule is CN=C(NCC1(CCOC)CCCC1)NCC1(CN2CCOCC2)CCCCC1.I. The predicted octanol–water partition coefficient (Wildman–Crippen LogP) is 3.65. The molecule has 0 amide bonds. The van der Waals surface area contributed by atoms with Crippen LogP contribution in [0.3, 0.4) is 0 Å². The fourth-order valence-electron chi connectivity index (χ4n) is 5.65. The zero-order valence-electron chi connectivity index (χ0n) is 19.3. The standard InChI is InChI=1S/C23H44N4O2.HI/c1-24-21(25-18-22(12-15-28-2)8-6-7-9-22)26-19-23(10-4-3-5-11-23)20-27-13-16-29-17-14-27;/h3-20H2,1-2H3,(H2,24,25,26);1H. The number of hydrogen-bond acceptors (Lipinski definition) is 4. The van der Waals surface area contributed by atoms with Gasteiger partial charge >= 0.3 is 0 Å². The molecule has 2 saturated carbocycles. The molecule has 2 N–H and O–H groups in total. The highest BCUT2D eigenvalue weighted by molar-refractivity contribution is 14.0. The number of ether oxygens (including phenoxy) is 2. The number of rotatable bonds is 9. The molecule has 3 rings (SSSR count). The van der Waals surface area contributed by atoms with E-state index in [1.165, 1.54) is 64.3 Å². The van der Waals surface area contributed by atoms with Crippen LogP contribution in [0.2, 0.25) is 0 Å². The van der Waals surface area contributed by atoms with Crippen molar-refractivity contribution in [2.24, 2.45) is 15.8 Å². The molecule has 3 fully saturated rings. The van der Waals surface area contributed by atoms with Gasteiger partial charge in [-0.25, -0.2) is 0 Å². The Morgan fingerprint density at radius 1 is 0.933 bits per heavy atom. The Kier molecular flexibility index (Phi) is 11.7. The first kappa shape index (κ1) is 26.1. The molecular formula is C23H45IN4O2. The van der Waals surface area contributed by atoms with Crippen LogP contribution in [-0.2, 0) is 9.47 Å². The molecule has 0 spiro atoms. The monoisotopic (exact) mass is 536 g/mol. The Bertz CT molecular complexity index is 499. The van der Waals surface area contributed by atoms with Crippen molar-refractivity contribution in [3.05, 3.63) is 0 Å². The summed E-state index contributed by atoms with van der Waals surface area (Å²) in [5.74, 6) is 0.973. The molecule has 0 aromatic rings. The van der Waals surface area contributed by atoms with Crippen molar-refractivity contribution in [2.75, 3.05) is 66.7 Å². The van der Waals surface area contributed by atoms with E-state index in [1.807, 2.05) is 14.2 Å². The van der Waals surface area contributed by atoms with Crippen molar-refractivity contribution >= 4 is 29.9 Å². The number of guanidine groups is 1. The molecule has 0 atom stereocenters. The van der Waals surface area contributed by atoms with Crippen molar-refractivity contribution in [1.29, 1.82) is 0 Å². The van der Waals surface area contributed by atoms with E-state index < -0.39 is 0 Å². The lowest BCUT2D eigenvalue weighted by molar-refractivity contribution is 0.00819. The van der Waals surface area contributed by atoms with Gasteiger partial charge < -0.3 is 20.1 Å². The summed E-state index contributed by atoms with van der Waals surface area (Å²) in [5, 5.41) is 7.39. The summed E-state index contributed by atoms with van der Waals surface area (Å²) in [6, 6.07) is 0. The number of morpholine rings is 1. The second-order valence-corrected chi connectivity index (χ2v) is 9.68. The van der Waals surface area contributed by atoms with Crippen LogP contribution in [0.1, 0.15) is 64.2 Å². The molecule has 0 bridgehead atoms. The van der Waals surface area contributed by atoms with Gasteiger partial charge in [0.15, 0.2) is 5.96 Å². The van der Waals surface area contributed by atoms with E-state index in [4.69, 9.17) is 9.47 Å². The van der Waals surface area contributed by atoms with Gasteiger partial charge in [0, 0.05) is 58.9 Å². The first-order valence-corrected chi connectivity index (χ1v) is 11.9. The minimum absolute atomic E-state index is 0. The van der Waals surface area contributed by atoms with Gasteiger partial charge in [0.25, 0.3) is 0 Å². The van der Waals surface area contributed by atoms with E-state index in [1.54, 1.807) is 0 Å². The van der Waals surface area contributed by atoms with Crippen molar-refractivity contribution in [2.45, 2.75) is 64.2 Å². The Hall–Kier alpha value is -0.120. The third-order valence-electron chi connectivity index (χ3n) is 7.56. The van der Waals surface area contributed by atoms with Gasteiger partial charge in [-0.3, -0.25) is 9.89 Å². The highest BCUT2D eigenvalue weighted by Crippen LogP contribution is 2.40. The molecule has 1 heterocycles. The van der Waals surface area contributed by atoms with Gasteiger partial charge in [0.05, 0.1) is 13.2 Å². The Labute approximate surface area is 201 Å². The zero-order chi connectivity index (χ0) is 20.4. The van der Waals surface area contributed by atoms with Crippen LogP contribution >= 0.6 is 24.0 Å². The zero-order valence-corrected chi connectivity index (χ0v) is 21.7. The second-order valence-electron chi connectivity index (χ2n) is 9.68. The first-order chi connectivity index (χ1) is 14.2. The molecule has 0 radical (unpaired) electrons. The summed E-state index contributed by atoms with van der Waals surface area (Å²) >= 11 is 0. The molecule has 7 heteroatoms. The third-order valence-corrected chi connectivity index (χ3v) is 7.56. The minimum atomic E-state index is 0. The molecule has 30 heavy (non-hydrogen) atoms. The van der Waals surface area contributed by atoms with Gasteiger partial charge in [-0.1, -0.05) is 32.1 Å². The highest BCUT2D eigenvalue weighted by atomic mass is 127. The summed E-state index contributed by atoms with van der Waals surface area (Å²) in [6.45, 7) is 8.01. The summed E-state index contributed by atoms with van der Waals surface area (Å²) in [5.41, 5.74) is 0.748. The Morgan fingerprint density at radius 3 is 2.10 bits per heavy atom. The van der Waals surface area contributed by atoms with Crippen LogP contribution in [0.4, 0.5) is 0 Å². The lowest BCUT2D eigenvalue weighted by atomic mass is 9.73. The van der Waals surface area contributed by atoms with E-state index in [0.717, 1.165) is 58.4 Å². The van der Waals surface area contributed by atoms with E-state index in [2.05, 4.69) is 20.5 Å². The van der Waals surface area contributed by atoms with Crippen molar-refractivity contribution < 1.29 is 9.47 Å². The molecule has 176 valence electrons. The number of nitrogens with zero attached hydrogens (tertiary/aromatic N) is 2. The molecule has 2 aliphatic carbocycles. The van der Waals surface area contributed by atoms with Crippen molar-refractivity contribution in [1.82, 2.24) is 15.5 Å². The number of nitrogens with one attached hydrogen (secondary N) is 2. The smallest absolute Gasteiger partial charge is 0.191 e. The molecule has 0 aromatic heterocycles. The molecule has 1 saturated heterocycles. The maximum Gasteiger partial charge on any atom is 0.191 e. The summed E-state index contributed by atoms with van der Waals surface area (Å²) < 4.78 is 10.9. The Balaban J connectivity index is 0.00000320. The first-order valence-electron chi connectivity index (χ1n) is 11.9. The van der Waals surface area contributed by atoms with Gasteiger partial charge in [-0.15, -0.1) is 24.0 Å². The average Bonchev–Trinajstić information content (AvgIpc) is 3.23. The molecule has 0 aromatic carbocycles. The normalized spacial score (nSPS) is 24.3. The van der Waals surface area contributed by atoms with Crippen LogP contribution < -0.4 is 10.6 Å². The maximum atomic E-state index is 5.56. The average molecular weight is 537 g/mol. The Morgan fingerprint density at radius 2 is 1.50 bits per heavy atom. The fraction of sp³-hybridized carbons (Fsp3) is 0.957. The van der Waals surface area contributed by atoms with Crippen molar-refractivity contribution in [3.8, 4) is 0 Å². The van der Waals surface area contributed by atoms with E-state index in [-0.39, 0.29) is 24.0 Å². The summed E-state index contributed by atoms with van der Waals surface area (Å²) in [4.78, 5) is 7.17. The van der Waals surface area contributed by atoms with Crippen molar-refractivity contribution in [3.63, 3.8) is 0 Å². The minimum Gasteiger partial charge on any atom is -0.385 e. The van der Waals surface area contributed by atoms with Crippen LogP contribution in [0.25, 0.3) is 0 Å². The molecule has 1 aliphatic heterocycles. The number of hydrogen-bond donors (Lipinski definition) is 2. The van der Waals surface area contributed by atoms with Gasteiger partial charge in [-0.05, 0) is 37.5 Å². The molecule has 0 unspecified atom stereocenters. The maximum absolute atomic E-state index is 5.56. The van der Waals surface area contributed by atoms with Crippen LogP contribution in [-0.4, -0.2) is 77.6 Å². The van der Waals surface area contributed by atoms with E-state index in [9.17, 15) is 0 Å². The van der Waals surface area contributed by atoms with Crippen LogP contribution in [0.15, 0.2) is 4.99 Å². The quantitative estimate of drug-likeness (QED) is 0.268.